The highest BCUT2D eigenvalue weighted by molar-refractivity contribution is 7.07. The van der Waals surface area contributed by atoms with Crippen molar-refractivity contribution in [3.63, 3.8) is 0 Å². The van der Waals surface area contributed by atoms with E-state index in [0.29, 0.717) is 61.3 Å². The molecule has 2 N–H and O–H groups in total. The molecule has 1 aliphatic heterocycles. The van der Waals surface area contributed by atoms with E-state index in [4.69, 9.17) is 14.2 Å². The molecule has 0 fully saturated rings. The van der Waals surface area contributed by atoms with Crippen LogP contribution < -0.4 is 34.4 Å². The van der Waals surface area contributed by atoms with Crippen molar-refractivity contribution in [2.24, 2.45) is 4.99 Å². The number of aromatic nitrogens is 1. The summed E-state index contributed by atoms with van der Waals surface area (Å²) >= 11 is 1.21. The fourth-order valence-electron chi connectivity index (χ4n) is 4.71. The molecule has 5 rings (SSSR count). The van der Waals surface area contributed by atoms with Crippen LogP contribution in [-0.4, -0.2) is 36.4 Å². The lowest BCUT2D eigenvalue weighted by atomic mass is 9.94. The Morgan fingerprint density at radius 2 is 1.85 bits per heavy atom. The molecule has 210 valence electrons. The van der Waals surface area contributed by atoms with Gasteiger partial charge in [-0.15, -0.1) is 0 Å². The van der Waals surface area contributed by atoms with E-state index < -0.39 is 6.04 Å². The van der Waals surface area contributed by atoms with Gasteiger partial charge >= 0.3 is 0 Å². The van der Waals surface area contributed by atoms with E-state index >= 15 is 0 Å². The number of rotatable bonds is 8. The zero-order valence-corrected chi connectivity index (χ0v) is 23.8. The Hall–Kier alpha value is -4.83. The molecule has 4 aromatic rings. The highest BCUT2D eigenvalue weighted by Gasteiger charge is 2.34. The fraction of sp³-hybridized carbons (Fsp3) is 0.194. The summed E-state index contributed by atoms with van der Waals surface area (Å²) in [6, 6.07) is 18.5. The van der Waals surface area contributed by atoms with Crippen LogP contribution >= 0.6 is 11.3 Å². The van der Waals surface area contributed by atoms with E-state index in [1.165, 1.54) is 29.1 Å². The van der Waals surface area contributed by atoms with E-state index in [1.807, 2.05) is 25.1 Å². The van der Waals surface area contributed by atoms with Crippen LogP contribution in [0.25, 0.3) is 6.08 Å². The summed E-state index contributed by atoms with van der Waals surface area (Å²) in [5.41, 5.74) is 2.38. The van der Waals surface area contributed by atoms with Gasteiger partial charge < -0.3 is 24.6 Å². The third-order valence-corrected chi connectivity index (χ3v) is 7.60. The molecule has 2 heterocycles. The zero-order chi connectivity index (χ0) is 29.1. The smallest absolute Gasteiger partial charge is 0.271 e. The number of anilines is 1. The SMILES string of the molecule is CCOc1cc(/C=c2\sc3n(c2=O)[C@@H](c2ccc(OC)cc2OC)C(C(=O)Nc2ccccc2)=C(C)N=3)ccc1O. The van der Waals surface area contributed by atoms with Crippen molar-refractivity contribution >= 4 is 29.0 Å². The van der Waals surface area contributed by atoms with Gasteiger partial charge in [0.1, 0.15) is 17.5 Å². The zero-order valence-electron chi connectivity index (χ0n) is 23.0. The van der Waals surface area contributed by atoms with Gasteiger partial charge in [-0.3, -0.25) is 14.2 Å². The average molecular weight is 572 g/mol. The molecule has 41 heavy (non-hydrogen) atoms. The van der Waals surface area contributed by atoms with Gasteiger partial charge in [-0.2, -0.15) is 0 Å². The average Bonchev–Trinajstić information content (AvgIpc) is 3.28. The van der Waals surface area contributed by atoms with E-state index in [2.05, 4.69) is 10.3 Å². The number of hydrogen-bond acceptors (Lipinski definition) is 8. The highest BCUT2D eigenvalue weighted by atomic mass is 32.1. The number of nitrogens with one attached hydrogen (secondary N) is 1. The molecular weight excluding hydrogens is 542 g/mol. The number of amides is 1. The number of fused-ring (bicyclic) bond motifs is 1. The first-order chi connectivity index (χ1) is 19.8. The normalized spacial score (nSPS) is 14.7. The van der Waals surface area contributed by atoms with Crippen molar-refractivity contribution in [3.05, 3.63) is 109 Å². The van der Waals surface area contributed by atoms with Gasteiger partial charge in [0.2, 0.25) is 0 Å². The van der Waals surface area contributed by atoms with Crippen LogP contribution in [0.4, 0.5) is 5.69 Å². The first-order valence-corrected chi connectivity index (χ1v) is 13.7. The Kier molecular flexibility index (Phi) is 7.93. The minimum atomic E-state index is -0.822. The predicted molar refractivity (Wildman–Crippen MR) is 158 cm³/mol. The quantitative estimate of drug-likeness (QED) is 0.331. The maximum Gasteiger partial charge on any atom is 0.271 e. The number of benzene rings is 3. The van der Waals surface area contributed by atoms with E-state index in [-0.39, 0.29) is 17.2 Å². The number of carbonyl (C=O) groups is 1. The van der Waals surface area contributed by atoms with Crippen molar-refractivity contribution in [1.29, 1.82) is 0 Å². The summed E-state index contributed by atoms with van der Waals surface area (Å²) < 4.78 is 18.5. The third kappa shape index (κ3) is 5.46. The number of thiazole rings is 1. The van der Waals surface area contributed by atoms with Gasteiger partial charge in [-0.1, -0.05) is 35.6 Å². The van der Waals surface area contributed by atoms with Gasteiger partial charge in [0.25, 0.3) is 11.5 Å². The minimum Gasteiger partial charge on any atom is -0.504 e. The van der Waals surface area contributed by atoms with Gasteiger partial charge in [0.05, 0.1) is 36.6 Å². The maximum absolute atomic E-state index is 14.0. The Balaban J connectivity index is 1.70. The van der Waals surface area contributed by atoms with E-state index in [9.17, 15) is 14.7 Å². The molecule has 0 unspecified atom stereocenters. The molecule has 0 bridgehead atoms. The molecule has 9 nitrogen and oxygen atoms in total. The molecule has 0 saturated heterocycles. The number of carbonyl (C=O) groups excluding carboxylic acids is 1. The van der Waals surface area contributed by atoms with Crippen LogP contribution in [0.15, 0.2) is 87.8 Å². The molecular formula is C31H29N3O6S. The minimum absolute atomic E-state index is 0.0155. The molecule has 3 aromatic carbocycles. The number of para-hydroxylation sites is 1. The van der Waals surface area contributed by atoms with Crippen molar-refractivity contribution in [1.82, 2.24) is 4.57 Å². The highest BCUT2D eigenvalue weighted by Crippen LogP contribution is 2.37. The third-order valence-electron chi connectivity index (χ3n) is 6.61. The van der Waals surface area contributed by atoms with Gasteiger partial charge in [0.15, 0.2) is 16.3 Å². The van der Waals surface area contributed by atoms with Crippen molar-refractivity contribution in [2.45, 2.75) is 19.9 Å². The van der Waals surface area contributed by atoms with Crippen LogP contribution in [0.1, 0.15) is 31.0 Å². The monoisotopic (exact) mass is 571 g/mol. The summed E-state index contributed by atoms with van der Waals surface area (Å²) in [6.45, 7) is 3.97. The van der Waals surface area contributed by atoms with Crippen LogP contribution in [0.5, 0.6) is 23.0 Å². The molecule has 0 saturated carbocycles. The summed E-state index contributed by atoms with van der Waals surface area (Å²) in [5, 5.41) is 13.0. The number of nitrogens with zero attached hydrogens (tertiary/aromatic N) is 2. The van der Waals surface area contributed by atoms with Gasteiger partial charge in [0, 0.05) is 17.3 Å². The van der Waals surface area contributed by atoms with Crippen molar-refractivity contribution in [3.8, 4) is 23.0 Å². The van der Waals surface area contributed by atoms with Crippen molar-refractivity contribution in [2.75, 3.05) is 26.1 Å². The summed E-state index contributed by atoms with van der Waals surface area (Å²) in [4.78, 5) is 32.9. The molecule has 0 radical (unpaired) electrons. The van der Waals surface area contributed by atoms with Crippen LogP contribution in [0, 0.1) is 0 Å². The molecule has 10 heteroatoms. The second-order valence-electron chi connectivity index (χ2n) is 9.17. The number of aromatic hydroxyl groups is 1. The molecule has 1 aromatic heterocycles. The summed E-state index contributed by atoms with van der Waals surface area (Å²) in [7, 11) is 3.09. The standard InChI is InChI=1S/C31H29N3O6S/c1-5-40-25-15-19(11-14-23(25)35)16-26-30(37)34-28(22-13-12-21(38-3)17-24(22)39-4)27(18(2)32-31(34)41-26)29(36)33-20-9-7-6-8-10-20/h6-17,28,35H,5H2,1-4H3,(H,33,36)/b26-16-/t28-/m0/s1. The molecule has 1 aliphatic rings. The number of phenolic OH excluding ortho intramolecular Hbond substituents is 1. The first kappa shape index (κ1) is 27.7. The number of ether oxygens (including phenoxy) is 3. The van der Waals surface area contributed by atoms with Crippen LogP contribution in [-0.2, 0) is 4.79 Å². The molecule has 0 spiro atoms. The lowest BCUT2D eigenvalue weighted by Gasteiger charge is -2.26. The van der Waals surface area contributed by atoms with Crippen LogP contribution in [0.2, 0.25) is 0 Å². The fourth-order valence-corrected chi connectivity index (χ4v) is 5.76. The van der Waals surface area contributed by atoms with E-state index in [1.54, 1.807) is 62.6 Å². The lowest BCUT2D eigenvalue weighted by molar-refractivity contribution is -0.113. The van der Waals surface area contributed by atoms with Gasteiger partial charge in [-0.05, 0) is 61.9 Å². The van der Waals surface area contributed by atoms with Crippen LogP contribution in [0.3, 0.4) is 0 Å². The Morgan fingerprint density at radius 3 is 2.56 bits per heavy atom. The molecule has 1 atom stereocenters. The predicted octanol–water partition coefficient (Wildman–Crippen LogP) is 4.00. The van der Waals surface area contributed by atoms with Gasteiger partial charge in [-0.25, -0.2) is 4.99 Å². The number of methoxy groups -OCH3 is 2. The Bertz CT molecular complexity index is 1820. The second-order valence-corrected chi connectivity index (χ2v) is 10.2. The largest absolute Gasteiger partial charge is 0.504 e. The Labute approximate surface area is 240 Å². The first-order valence-electron chi connectivity index (χ1n) is 12.9. The lowest BCUT2D eigenvalue weighted by Crippen LogP contribution is -2.40. The second kappa shape index (κ2) is 11.7. The van der Waals surface area contributed by atoms with Crippen molar-refractivity contribution < 1.29 is 24.1 Å². The topological polar surface area (TPSA) is 111 Å². The summed E-state index contributed by atoms with van der Waals surface area (Å²) in [5.74, 6) is 0.997. The molecule has 0 aliphatic carbocycles. The van der Waals surface area contributed by atoms with E-state index in [0.717, 1.165) is 0 Å². The molecule has 1 amide bonds. The number of allylic oxidation sites excluding steroid dienone is 1. The summed E-state index contributed by atoms with van der Waals surface area (Å²) in [6.07, 6.45) is 1.72. The number of phenols is 1. The number of hydrogen-bond donors (Lipinski definition) is 2. The Morgan fingerprint density at radius 1 is 1.07 bits per heavy atom. The maximum atomic E-state index is 14.0.